The number of aliphatic hydroxyl groups excluding tert-OH is 1. The molecule has 1 saturated heterocycles. The Morgan fingerprint density at radius 2 is 1.56 bits per heavy atom. The molecule has 25 heavy (non-hydrogen) atoms. The van der Waals surface area contributed by atoms with Gasteiger partial charge < -0.3 is 19.3 Å². The van der Waals surface area contributed by atoms with Gasteiger partial charge in [0.15, 0.2) is 0 Å². The molecule has 2 aromatic rings. The minimum atomic E-state index is -0.0935. The summed E-state index contributed by atoms with van der Waals surface area (Å²) >= 11 is 0. The van der Waals surface area contributed by atoms with Crippen LogP contribution < -0.4 is 0 Å². The van der Waals surface area contributed by atoms with Gasteiger partial charge in [-0.1, -0.05) is 60.7 Å². The molecule has 1 unspecified atom stereocenters. The molecule has 134 valence electrons. The summed E-state index contributed by atoms with van der Waals surface area (Å²) in [6.07, 6.45) is 1.38. The highest BCUT2D eigenvalue weighted by molar-refractivity contribution is 5.14. The zero-order valence-corrected chi connectivity index (χ0v) is 14.4. The fraction of sp³-hybridized carbons (Fsp3) is 0.429. The summed E-state index contributed by atoms with van der Waals surface area (Å²) in [6.45, 7) is 1.76. The predicted octanol–water partition coefficient (Wildman–Crippen LogP) is 3.33. The summed E-state index contributed by atoms with van der Waals surface area (Å²) < 4.78 is 18.0. The van der Waals surface area contributed by atoms with Crippen molar-refractivity contribution in [1.29, 1.82) is 0 Å². The lowest BCUT2D eigenvalue weighted by Gasteiger charge is -2.19. The van der Waals surface area contributed by atoms with Crippen molar-refractivity contribution >= 4 is 0 Å². The molecule has 0 aromatic heterocycles. The second-order valence-electron chi connectivity index (χ2n) is 6.38. The fourth-order valence-electron chi connectivity index (χ4n) is 3.10. The molecule has 2 aromatic carbocycles. The van der Waals surface area contributed by atoms with Gasteiger partial charge in [-0.05, 0) is 17.5 Å². The van der Waals surface area contributed by atoms with Gasteiger partial charge in [-0.15, -0.1) is 0 Å². The van der Waals surface area contributed by atoms with E-state index in [1.54, 1.807) is 0 Å². The van der Waals surface area contributed by atoms with Gasteiger partial charge in [-0.3, -0.25) is 0 Å². The van der Waals surface area contributed by atoms with Crippen LogP contribution in [0, 0.1) is 0 Å². The highest BCUT2D eigenvalue weighted by Crippen LogP contribution is 2.26. The molecule has 1 fully saturated rings. The molecule has 4 heteroatoms. The van der Waals surface area contributed by atoms with Gasteiger partial charge in [-0.25, -0.2) is 0 Å². The van der Waals surface area contributed by atoms with Crippen LogP contribution in [0.2, 0.25) is 0 Å². The average molecular weight is 342 g/mol. The molecule has 3 rings (SSSR count). The minimum absolute atomic E-state index is 0.00692. The monoisotopic (exact) mass is 342 g/mol. The molecule has 3 atom stereocenters. The van der Waals surface area contributed by atoms with Crippen molar-refractivity contribution in [2.75, 3.05) is 13.2 Å². The van der Waals surface area contributed by atoms with Gasteiger partial charge in [0.25, 0.3) is 0 Å². The Morgan fingerprint density at radius 3 is 2.20 bits per heavy atom. The maximum atomic E-state index is 9.18. The Bertz CT molecular complexity index is 602. The number of hydrogen-bond acceptors (Lipinski definition) is 4. The molecule has 1 aliphatic rings. The number of benzene rings is 2. The van der Waals surface area contributed by atoms with Crippen LogP contribution in [-0.4, -0.2) is 36.6 Å². The van der Waals surface area contributed by atoms with Gasteiger partial charge in [0.1, 0.15) is 6.10 Å². The van der Waals surface area contributed by atoms with Crippen molar-refractivity contribution in [2.24, 2.45) is 0 Å². The maximum absolute atomic E-state index is 9.18. The van der Waals surface area contributed by atoms with E-state index in [9.17, 15) is 5.11 Å². The van der Waals surface area contributed by atoms with Crippen LogP contribution >= 0.6 is 0 Å². The van der Waals surface area contributed by atoms with E-state index in [2.05, 4.69) is 12.1 Å². The summed E-state index contributed by atoms with van der Waals surface area (Å²) in [6, 6.07) is 20.3. The number of ether oxygens (including phenoxy) is 3. The van der Waals surface area contributed by atoms with Gasteiger partial charge in [0.05, 0.1) is 32.0 Å². The fourth-order valence-corrected chi connectivity index (χ4v) is 3.10. The maximum Gasteiger partial charge on any atom is 0.107 e. The molecule has 0 aliphatic carbocycles. The van der Waals surface area contributed by atoms with Gasteiger partial charge in [-0.2, -0.15) is 0 Å². The topological polar surface area (TPSA) is 47.9 Å². The van der Waals surface area contributed by atoms with Crippen molar-refractivity contribution in [1.82, 2.24) is 0 Å². The minimum Gasteiger partial charge on any atom is -0.396 e. The first-order valence-electron chi connectivity index (χ1n) is 8.88. The third-order valence-corrected chi connectivity index (χ3v) is 4.43. The number of aliphatic hydroxyl groups is 1. The van der Waals surface area contributed by atoms with E-state index in [4.69, 9.17) is 14.2 Å². The first-order valence-corrected chi connectivity index (χ1v) is 8.88. The summed E-state index contributed by atoms with van der Waals surface area (Å²) in [5.41, 5.74) is 2.30. The van der Waals surface area contributed by atoms with Crippen LogP contribution in [0.1, 0.15) is 24.0 Å². The molecule has 0 amide bonds. The Kier molecular flexibility index (Phi) is 7.00. The molecule has 0 radical (unpaired) electrons. The third kappa shape index (κ3) is 5.65. The molecule has 4 nitrogen and oxygen atoms in total. The SMILES string of the molecule is OCC[C@H]1CC(OCc2ccccc2)[C@@H](COCc2ccccc2)O1. The van der Waals surface area contributed by atoms with Gasteiger partial charge >= 0.3 is 0 Å². The third-order valence-electron chi connectivity index (χ3n) is 4.43. The number of rotatable bonds is 9. The van der Waals surface area contributed by atoms with Crippen LogP contribution in [0.15, 0.2) is 60.7 Å². The van der Waals surface area contributed by atoms with Crippen molar-refractivity contribution in [3.8, 4) is 0 Å². The van der Waals surface area contributed by atoms with Crippen LogP contribution in [0.5, 0.6) is 0 Å². The smallest absolute Gasteiger partial charge is 0.107 e. The quantitative estimate of drug-likeness (QED) is 0.759. The van der Waals surface area contributed by atoms with Crippen LogP contribution in [0.4, 0.5) is 0 Å². The van der Waals surface area contributed by atoms with E-state index < -0.39 is 0 Å². The van der Waals surface area contributed by atoms with Crippen molar-refractivity contribution in [3.05, 3.63) is 71.8 Å². The Balaban J connectivity index is 1.50. The van der Waals surface area contributed by atoms with Gasteiger partial charge in [0, 0.05) is 13.0 Å². The summed E-state index contributed by atoms with van der Waals surface area (Å²) in [7, 11) is 0. The Labute approximate surface area is 149 Å². The Morgan fingerprint density at radius 1 is 0.920 bits per heavy atom. The molecule has 0 bridgehead atoms. The van der Waals surface area contributed by atoms with Crippen molar-refractivity contribution in [3.63, 3.8) is 0 Å². The molecule has 1 heterocycles. The zero-order valence-electron chi connectivity index (χ0n) is 14.4. The lowest BCUT2D eigenvalue weighted by Crippen LogP contribution is -2.29. The lowest BCUT2D eigenvalue weighted by molar-refractivity contribution is -0.0730. The second-order valence-corrected chi connectivity index (χ2v) is 6.38. The average Bonchev–Trinajstić information content (AvgIpc) is 3.04. The predicted molar refractivity (Wildman–Crippen MR) is 96.1 cm³/mol. The summed E-state index contributed by atoms with van der Waals surface area (Å²) in [5.74, 6) is 0. The summed E-state index contributed by atoms with van der Waals surface area (Å²) in [4.78, 5) is 0. The standard InChI is InChI=1S/C21H26O4/c22-12-11-19-13-20(24-15-18-9-5-2-6-10-18)21(25-19)16-23-14-17-7-3-1-4-8-17/h1-10,19-22H,11-16H2/t19-,20?,21+/m0/s1. The molecule has 1 N–H and O–H groups in total. The van der Waals surface area contributed by atoms with Crippen LogP contribution in [0.25, 0.3) is 0 Å². The van der Waals surface area contributed by atoms with E-state index in [-0.39, 0.29) is 24.9 Å². The lowest BCUT2D eigenvalue weighted by atomic mass is 10.1. The van der Waals surface area contributed by atoms with Gasteiger partial charge in [0.2, 0.25) is 0 Å². The largest absolute Gasteiger partial charge is 0.396 e. The zero-order chi connectivity index (χ0) is 17.3. The van der Waals surface area contributed by atoms with E-state index in [1.165, 1.54) is 0 Å². The Hall–Kier alpha value is -1.72. The van der Waals surface area contributed by atoms with E-state index in [1.807, 2.05) is 48.5 Å². The van der Waals surface area contributed by atoms with Crippen molar-refractivity contribution < 1.29 is 19.3 Å². The normalized spacial score (nSPS) is 23.0. The van der Waals surface area contributed by atoms with E-state index in [0.717, 1.165) is 17.5 Å². The molecular weight excluding hydrogens is 316 g/mol. The molecule has 1 aliphatic heterocycles. The first-order chi connectivity index (χ1) is 12.3. The molecule has 0 saturated carbocycles. The molecule has 0 spiro atoms. The second kappa shape index (κ2) is 9.68. The highest BCUT2D eigenvalue weighted by Gasteiger charge is 2.35. The van der Waals surface area contributed by atoms with E-state index >= 15 is 0 Å². The highest BCUT2D eigenvalue weighted by atomic mass is 16.6. The number of hydrogen-bond donors (Lipinski definition) is 1. The van der Waals surface area contributed by atoms with E-state index in [0.29, 0.717) is 26.2 Å². The first kappa shape index (κ1) is 18.1. The van der Waals surface area contributed by atoms with Crippen molar-refractivity contribution in [2.45, 2.75) is 44.4 Å². The molecular formula is C21H26O4. The van der Waals surface area contributed by atoms with Crippen LogP contribution in [0.3, 0.4) is 0 Å². The summed E-state index contributed by atoms with van der Waals surface area (Å²) in [5, 5.41) is 9.18. The van der Waals surface area contributed by atoms with Crippen LogP contribution in [-0.2, 0) is 27.4 Å².